The van der Waals surface area contributed by atoms with Gasteiger partial charge in [0.2, 0.25) is 5.95 Å². The van der Waals surface area contributed by atoms with E-state index in [4.69, 9.17) is 0 Å². The predicted molar refractivity (Wildman–Crippen MR) is 104 cm³/mol. The largest absolute Gasteiger partial charge is 0.367 e. The highest BCUT2D eigenvalue weighted by atomic mass is 127. The number of rotatable bonds is 5. The van der Waals surface area contributed by atoms with Crippen molar-refractivity contribution in [3.05, 3.63) is 33.8 Å². The summed E-state index contributed by atoms with van der Waals surface area (Å²) in [6, 6.07) is 4.98. The van der Waals surface area contributed by atoms with Crippen LogP contribution in [0.2, 0.25) is 0 Å². The molecule has 5 nitrogen and oxygen atoms in total. The van der Waals surface area contributed by atoms with Crippen molar-refractivity contribution in [1.29, 1.82) is 0 Å². The van der Waals surface area contributed by atoms with Crippen LogP contribution in [0.4, 0.5) is 11.8 Å². The van der Waals surface area contributed by atoms with Crippen molar-refractivity contribution in [3.63, 3.8) is 0 Å². The normalized spacial score (nSPS) is 20.5. The third-order valence-electron chi connectivity index (χ3n) is 4.00. The fourth-order valence-corrected chi connectivity index (χ4v) is 3.64. The minimum Gasteiger partial charge on any atom is -0.367 e. The van der Waals surface area contributed by atoms with Crippen LogP contribution in [0.1, 0.15) is 25.0 Å². The molecule has 2 aromatic rings. The number of aromatic nitrogens is 3. The summed E-state index contributed by atoms with van der Waals surface area (Å²) in [6.07, 6.45) is 9.14. The van der Waals surface area contributed by atoms with Crippen LogP contribution in [0.5, 0.6) is 0 Å². The molecule has 3 rings (SSSR count). The number of anilines is 2. The maximum absolute atomic E-state index is 4.55. The van der Waals surface area contributed by atoms with Crippen LogP contribution < -0.4 is 10.6 Å². The lowest BCUT2D eigenvalue weighted by molar-refractivity contribution is 0.715. The molecule has 1 saturated carbocycles. The van der Waals surface area contributed by atoms with Crippen molar-refractivity contribution in [3.8, 4) is 0 Å². The minimum absolute atomic E-state index is 0.413. The first-order chi connectivity index (χ1) is 11.1. The average molecular weight is 441 g/mol. The number of halogens is 1. The van der Waals surface area contributed by atoms with E-state index >= 15 is 0 Å². The first-order valence-electron chi connectivity index (χ1n) is 7.66. The van der Waals surface area contributed by atoms with Crippen molar-refractivity contribution in [2.75, 3.05) is 16.9 Å². The van der Waals surface area contributed by atoms with E-state index in [-0.39, 0.29) is 0 Å². The summed E-state index contributed by atoms with van der Waals surface area (Å²) in [7, 11) is 0. The standard InChI is InChI=1S/C16H20IN5S/c1-10-14(23-2)9-19-16(20-10)22-13-5-4-12(7-13)21-15-6-3-11(17)8-18-15/h3,6,8-9,12-13H,4-5,7H2,1-2H3,(H,18,21)(H,19,20,22)/t12-,13-/m0/s1. The SMILES string of the molecule is CSc1cnc(N[C@H]2CC[C@H](Nc3ccc(I)cn3)C2)nc1C. The highest BCUT2D eigenvalue weighted by Crippen LogP contribution is 2.25. The highest BCUT2D eigenvalue weighted by Gasteiger charge is 2.25. The van der Waals surface area contributed by atoms with Gasteiger partial charge in [0.05, 0.1) is 5.69 Å². The van der Waals surface area contributed by atoms with Gasteiger partial charge in [-0.05, 0) is 67.2 Å². The smallest absolute Gasteiger partial charge is 0.223 e. The fraction of sp³-hybridized carbons (Fsp3) is 0.438. The predicted octanol–water partition coefficient (Wildman–Crippen LogP) is 3.95. The molecule has 2 heterocycles. The molecule has 0 unspecified atom stereocenters. The van der Waals surface area contributed by atoms with Crippen LogP contribution in [-0.2, 0) is 0 Å². The zero-order chi connectivity index (χ0) is 16.2. The molecule has 0 spiro atoms. The fourth-order valence-electron chi connectivity index (χ4n) is 2.82. The van der Waals surface area contributed by atoms with Crippen LogP contribution in [0.15, 0.2) is 29.4 Å². The zero-order valence-corrected chi connectivity index (χ0v) is 16.2. The maximum Gasteiger partial charge on any atom is 0.223 e. The Morgan fingerprint density at radius 2 is 1.91 bits per heavy atom. The summed E-state index contributed by atoms with van der Waals surface area (Å²) in [6.45, 7) is 2.03. The Hall–Kier alpha value is -1.09. The van der Waals surface area contributed by atoms with Gasteiger partial charge in [0.1, 0.15) is 5.82 Å². The van der Waals surface area contributed by atoms with E-state index in [0.717, 1.165) is 45.2 Å². The van der Waals surface area contributed by atoms with Gasteiger partial charge < -0.3 is 10.6 Å². The maximum atomic E-state index is 4.55. The van der Waals surface area contributed by atoms with E-state index in [1.54, 1.807) is 11.8 Å². The van der Waals surface area contributed by atoms with Gasteiger partial charge in [-0.15, -0.1) is 11.8 Å². The molecular formula is C16H20IN5S. The Labute approximate surface area is 154 Å². The second-order valence-electron chi connectivity index (χ2n) is 5.70. The summed E-state index contributed by atoms with van der Waals surface area (Å²) in [5.74, 6) is 1.69. The quantitative estimate of drug-likeness (QED) is 0.541. The number of aryl methyl sites for hydroxylation is 1. The van der Waals surface area contributed by atoms with E-state index in [1.807, 2.05) is 31.6 Å². The van der Waals surface area contributed by atoms with E-state index in [9.17, 15) is 0 Å². The molecule has 122 valence electrons. The molecule has 0 saturated heterocycles. The molecule has 2 atom stereocenters. The van der Waals surface area contributed by atoms with Crippen molar-refractivity contribution in [2.24, 2.45) is 0 Å². The van der Waals surface area contributed by atoms with Crippen LogP contribution in [0.25, 0.3) is 0 Å². The van der Waals surface area contributed by atoms with Crippen LogP contribution in [0.3, 0.4) is 0 Å². The molecule has 23 heavy (non-hydrogen) atoms. The van der Waals surface area contributed by atoms with Crippen molar-refractivity contribution in [1.82, 2.24) is 15.0 Å². The molecule has 0 aromatic carbocycles. The Kier molecular flexibility index (Phi) is 5.58. The summed E-state index contributed by atoms with van der Waals surface area (Å²) in [4.78, 5) is 14.5. The number of nitrogens with zero attached hydrogens (tertiary/aromatic N) is 3. The summed E-state index contributed by atoms with van der Waals surface area (Å²) in [5, 5.41) is 6.98. The topological polar surface area (TPSA) is 62.7 Å². The summed E-state index contributed by atoms with van der Waals surface area (Å²) in [5.41, 5.74) is 1.03. The van der Waals surface area contributed by atoms with Gasteiger partial charge in [-0.3, -0.25) is 0 Å². The second kappa shape index (κ2) is 7.65. The summed E-state index contributed by atoms with van der Waals surface area (Å²) >= 11 is 3.95. The highest BCUT2D eigenvalue weighted by molar-refractivity contribution is 14.1. The molecule has 2 N–H and O–H groups in total. The van der Waals surface area contributed by atoms with E-state index in [1.165, 1.54) is 0 Å². The van der Waals surface area contributed by atoms with Crippen LogP contribution in [-0.4, -0.2) is 33.3 Å². The van der Waals surface area contributed by atoms with Gasteiger partial charge in [0, 0.05) is 32.9 Å². The first-order valence-corrected chi connectivity index (χ1v) is 9.96. The Bertz CT molecular complexity index is 664. The van der Waals surface area contributed by atoms with E-state index in [2.05, 4.69) is 54.2 Å². The van der Waals surface area contributed by atoms with Crippen molar-refractivity contribution < 1.29 is 0 Å². The Balaban J connectivity index is 1.55. The van der Waals surface area contributed by atoms with Gasteiger partial charge in [-0.1, -0.05) is 0 Å². The third kappa shape index (κ3) is 4.47. The van der Waals surface area contributed by atoms with Crippen LogP contribution >= 0.6 is 34.4 Å². The second-order valence-corrected chi connectivity index (χ2v) is 7.80. The van der Waals surface area contributed by atoms with Gasteiger partial charge in [0.25, 0.3) is 0 Å². The van der Waals surface area contributed by atoms with Crippen molar-refractivity contribution >= 4 is 46.1 Å². The minimum atomic E-state index is 0.413. The lowest BCUT2D eigenvalue weighted by atomic mass is 10.2. The zero-order valence-electron chi connectivity index (χ0n) is 13.2. The molecule has 2 aromatic heterocycles. The Morgan fingerprint density at radius 3 is 2.57 bits per heavy atom. The number of thioether (sulfide) groups is 1. The molecule has 0 amide bonds. The van der Waals surface area contributed by atoms with Crippen LogP contribution in [0, 0.1) is 10.5 Å². The molecule has 0 aliphatic heterocycles. The van der Waals surface area contributed by atoms with Gasteiger partial charge in [0.15, 0.2) is 0 Å². The molecule has 0 radical (unpaired) electrons. The number of pyridine rings is 1. The number of nitrogens with one attached hydrogen (secondary N) is 2. The first kappa shape index (κ1) is 16.8. The lowest BCUT2D eigenvalue weighted by Crippen LogP contribution is -2.22. The monoisotopic (exact) mass is 441 g/mol. The number of hydrogen-bond donors (Lipinski definition) is 2. The third-order valence-corrected chi connectivity index (χ3v) is 5.48. The lowest BCUT2D eigenvalue weighted by Gasteiger charge is -2.15. The van der Waals surface area contributed by atoms with Crippen molar-refractivity contribution in [2.45, 2.75) is 43.2 Å². The van der Waals surface area contributed by atoms with Gasteiger partial charge in [-0.2, -0.15) is 0 Å². The molecule has 1 aliphatic rings. The van der Waals surface area contributed by atoms with E-state index < -0.39 is 0 Å². The summed E-state index contributed by atoms with van der Waals surface area (Å²) < 4.78 is 1.15. The molecule has 0 bridgehead atoms. The molecule has 1 aliphatic carbocycles. The van der Waals surface area contributed by atoms with E-state index in [0.29, 0.717) is 12.1 Å². The molecular weight excluding hydrogens is 421 g/mol. The average Bonchev–Trinajstić information content (AvgIpc) is 2.97. The Morgan fingerprint density at radius 1 is 1.13 bits per heavy atom. The molecule has 7 heteroatoms. The van der Waals surface area contributed by atoms with Gasteiger partial charge >= 0.3 is 0 Å². The number of hydrogen-bond acceptors (Lipinski definition) is 6. The molecule has 1 fully saturated rings. The van der Waals surface area contributed by atoms with Gasteiger partial charge in [-0.25, -0.2) is 15.0 Å².